The number of sulfonamides is 1. The molecule has 8 heteroatoms. The Labute approximate surface area is 124 Å². The van der Waals surface area contributed by atoms with E-state index in [2.05, 4.69) is 15.7 Å². The number of anilines is 1. The van der Waals surface area contributed by atoms with Gasteiger partial charge < -0.3 is 5.32 Å². The van der Waals surface area contributed by atoms with Crippen LogP contribution in [0.15, 0.2) is 34.2 Å². The summed E-state index contributed by atoms with van der Waals surface area (Å²) in [4.78, 5) is 4.57. The van der Waals surface area contributed by atoms with Gasteiger partial charge in [-0.2, -0.15) is 0 Å². The van der Waals surface area contributed by atoms with Crippen molar-refractivity contribution in [3.8, 4) is 0 Å². The number of benzene rings is 1. The highest BCUT2D eigenvalue weighted by molar-refractivity contribution is 7.89. The summed E-state index contributed by atoms with van der Waals surface area (Å²) in [6.45, 7) is 0. The monoisotopic (exact) mass is 311 g/mol. The number of aliphatic imine (C=N–C) groups is 1. The molecule has 0 radical (unpaired) electrons. The normalized spacial score (nSPS) is 17.5. The second-order valence-corrected chi connectivity index (χ2v) is 6.67. The molecule has 0 spiro atoms. The highest BCUT2D eigenvalue weighted by atomic mass is 32.2. The average Bonchev–Trinajstić information content (AvgIpc) is 2.47. The van der Waals surface area contributed by atoms with E-state index < -0.39 is 10.0 Å². The maximum atomic E-state index is 11.3. The first kappa shape index (κ1) is 15.7. The number of nitrogens with zero attached hydrogens (tertiary/aromatic N) is 1. The molecule has 1 saturated carbocycles. The van der Waals surface area contributed by atoms with Crippen molar-refractivity contribution in [3.05, 3.63) is 24.3 Å². The molecule has 0 unspecified atom stereocenters. The van der Waals surface area contributed by atoms with Gasteiger partial charge in [-0.05, 0) is 31.0 Å². The summed E-state index contributed by atoms with van der Waals surface area (Å²) in [6, 6.07) is 6.47. The first-order chi connectivity index (χ1) is 9.99. The molecule has 0 bridgehead atoms. The Hall–Kier alpha value is -1.64. The zero-order valence-corrected chi connectivity index (χ0v) is 12.6. The summed E-state index contributed by atoms with van der Waals surface area (Å²) in [7, 11) is -3.73. The summed E-state index contributed by atoms with van der Waals surface area (Å²) >= 11 is 0. The number of primary sulfonamides is 1. The van der Waals surface area contributed by atoms with E-state index in [1.807, 2.05) is 0 Å². The van der Waals surface area contributed by atoms with Gasteiger partial charge in [0.15, 0.2) is 0 Å². The Morgan fingerprint density at radius 2 is 1.95 bits per heavy atom. The van der Waals surface area contributed by atoms with Crippen LogP contribution in [0.4, 0.5) is 5.69 Å². The summed E-state index contributed by atoms with van der Waals surface area (Å²) in [5.74, 6) is 5.90. The van der Waals surface area contributed by atoms with Gasteiger partial charge in [0.05, 0.1) is 10.9 Å². The number of hydrazine groups is 1. The number of nitrogens with two attached hydrogens (primary N) is 2. The van der Waals surface area contributed by atoms with Crippen molar-refractivity contribution >= 4 is 21.7 Å². The lowest BCUT2D eigenvalue weighted by Crippen LogP contribution is -2.37. The molecule has 0 saturated heterocycles. The molecule has 116 valence electrons. The van der Waals surface area contributed by atoms with Crippen LogP contribution in [0.25, 0.3) is 0 Å². The molecule has 0 amide bonds. The molecule has 7 nitrogen and oxygen atoms in total. The van der Waals surface area contributed by atoms with Gasteiger partial charge in [-0.3, -0.25) is 5.43 Å². The van der Waals surface area contributed by atoms with E-state index in [1.165, 1.54) is 31.4 Å². The SMILES string of the molecule is NNC(=NC1CCCCC1)Nc1cccc(S(N)(=O)=O)c1. The van der Waals surface area contributed by atoms with Gasteiger partial charge in [0.1, 0.15) is 0 Å². The lowest BCUT2D eigenvalue weighted by Gasteiger charge is -2.19. The quantitative estimate of drug-likeness (QED) is 0.286. The van der Waals surface area contributed by atoms with E-state index in [1.54, 1.807) is 12.1 Å². The van der Waals surface area contributed by atoms with Gasteiger partial charge in [-0.25, -0.2) is 24.4 Å². The van der Waals surface area contributed by atoms with E-state index in [0.29, 0.717) is 11.6 Å². The predicted octanol–water partition coefficient (Wildman–Crippen LogP) is 0.898. The van der Waals surface area contributed by atoms with Crippen molar-refractivity contribution in [2.24, 2.45) is 16.0 Å². The van der Waals surface area contributed by atoms with Gasteiger partial charge in [0.2, 0.25) is 16.0 Å². The zero-order valence-electron chi connectivity index (χ0n) is 11.7. The minimum absolute atomic E-state index is 0.0431. The van der Waals surface area contributed by atoms with Gasteiger partial charge >= 0.3 is 0 Å². The molecule has 1 aromatic rings. The van der Waals surface area contributed by atoms with Crippen LogP contribution in [0.3, 0.4) is 0 Å². The van der Waals surface area contributed by atoms with E-state index in [4.69, 9.17) is 11.0 Å². The molecule has 0 aromatic heterocycles. The van der Waals surface area contributed by atoms with Crippen LogP contribution in [-0.2, 0) is 10.0 Å². The number of hydrogen-bond donors (Lipinski definition) is 4. The van der Waals surface area contributed by atoms with Crippen molar-refractivity contribution < 1.29 is 8.42 Å². The molecular weight excluding hydrogens is 290 g/mol. The number of nitrogens with one attached hydrogen (secondary N) is 2. The summed E-state index contributed by atoms with van der Waals surface area (Å²) in [6.07, 6.45) is 5.69. The molecule has 0 heterocycles. The van der Waals surface area contributed by atoms with Gasteiger partial charge in [-0.15, -0.1) is 0 Å². The predicted molar refractivity (Wildman–Crippen MR) is 83.1 cm³/mol. The zero-order chi connectivity index (χ0) is 15.3. The maximum absolute atomic E-state index is 11.3. The van der Waals surface area contributed by atoms with Crippen LogP contribution in [0.5, 0.6) is 0 Å². The minimum atomic E-state index is -3.73. The maximum Gasteiger partial charge on any atom is 0.238 e. The summed E-state index contributed by atoms with van der Waals surface area (Å²) in [5.41, 5.74) is 3.08. The van der Waals surface area contributed by atoms with Crippen molar-refractivity contribution in [2.45, 2.75) is 43.0 Å². The fourth-order valence-corrected chi connectivity index (χ4v) is 2.95. The average molecular weight is 311 g/mol. The van der Waals surface area contributed by atoms with Crippen LogP contribution in [-0.4, -0.2) is 20.4 Å². The second kappa shape index (κ2) is 6.88. The number of hydrogen-bond acceptors (Lipinski definition) is 4. The van der Waals surface area contributed by atoms with Crippen LogP contribution >= 0.6 is 0 Å². The fourth-order valence-electron chi connectivity index (χ4n) is 2.39. The molecule has 1 aliphatic rings. The smallest absolute Gasteiger partial charge is 0.238 e. The minimum Gasteiger partial charge on any atom is -0.325 e. The molecule has 6 N–H and O–H groups in total. The molecule has 1 aliphatic carbocycles. The third kappa shape index (κ3) is 4.69. The van der Waals surface area contributed by atoms with Gasteiger partial charge in [-0.1, -0.05) is 25.3 Å². The highest BCUT2D eigenvalue weighted by Crippen LogP contribution is 2.20. The van der Waals surface area contributed by atoms with Crippen molar-refractivity contribution in [1.82, 2.24) is 5.43 Å². The molecule has 0 aliphatic heterocycles. The Morgan fingerprint density at radius 3 is 2.57 bits per heavy atom. The van der Waals surface area contributed by atoms with Crippen molar-refractivity contribution in [3.63, 3.8) is 0 Å². The molecular formula is C13H21N5O2S. The third-order valence-electron chi connectivity index (χ3n) is 3.45. The van der Waals surface area contributed by atoms with Gasteiger partial charge in [0, 0.05) is 5.69 Å². The Morgan fingerprint density at radius 1 is 1.24 bits per heavy atom. The molecule has 1 fully saturated rings. The largest absolute Gasteiger partial charge is 0.325 e. The first-order valence-electron chi connectivity index (χ1n) is 6.93. The Kier molecular flexibility index (Phi) is 5.16. The second-order valence-electron chi connectivity index (χ2n) is 5.11. The Balaban J connectivity index is 2.13. The topological polar surface area (TPSA) is 123 Å². The van der Waals surface area contributed by atoms with Crippen LogP contribution < -0.4 is 21.7 Å². The van der Waals surface area contributed by atoms with Crippen LogP contribution in [0, 0.1) is 0 Å². The Bertz CT molecular complexity index is 609. The van der Waals surface area contributed by atoms with E-state index in [-0.39, 0.29) is 10.9 Å². The standard InChI is InChI=1S/C13H21N5O2S/c14-18-13(16-10-5-2-1-3-6-10)17-11-7-4-8-12(9-11)21(15,19)20/h4,7-10H,1-3,5-6,14H2,(H2,15,19,20)(H2,16,17,18). The van der Waals surface area contributed by atoms with E-state index in [0.717, 1.165) is 12.8 Å². The molecule has 21 heavy (non-hydrogen) atoms. The fraction of sp³-hybridized carbons (Fsp3) is 0.462. The lowest BCUT2D eigenvalue weighted by atomic mass is 9.96. The van der Waals surface area contributed by atoms with Crippen LogP contribution in [0.2, 0.25) is 0 Å². The number of guanidine groups is 1. The summed E-state index contributed by atoms with van der Waals surface area (Å²) in [5, 5.41) is 8.09. The number of rotatable bonds is 3. The molecule has 1 aromatic carbocycles. The van der Waals surface area contributed by atoms with E-state index in [9.17, 15) is 8.42 Å². The highest BCUT2D eigenvalue weighted by Gasteiger charge is 2.13. The van der Waals surface area contributed by atoms with E-state index >= 15 is 0 Å². The molecule has 2 rings (SSSR count). The van der Waals surface area contributed by atoms with Gasteiger partial charge in [0.25, 0.3) is 0 Å². The summed E-state index contributed by atoms with van der Waals surface area (Å²) < 4.78 is 22.7. The van der Waals surface area contributed by atoms with Crippen LogP contribution in [0.1, 0.15) is 32.1 Å². The first-order valence-corrected chi connectivity index (χ1v) is 8.48. The lowest BCUT2D eigenvalue weighted by molar-refractivity contribution is 0.442. The third-order valence-corrected chi connectivity index (χ3v) is 4.36. The van der Waals surface area contributed by atoms with Crippen molar-refractivity contribution in [1.29, 1.82) is 0 Å². The van der Waals surface area contributed by atoms with Crippen molar-refractivity contribution in [2.75, 3.05) is 5.32 Å². The molecule has 0 atom stereocenters.